The standard InChI is InChI=1S/C11H20N2O3S/c1-17(15,16)12-10-5-7-13(8-6-10)11(14)9-3-2-4-9/h9-10,12H,2-8H2,1H3. The Kier molecular flexibility index (Phi) is 3.73. The first-order valence-electron chi connectivity index (χ1n) is 6.22. The van der Waals surface area contributed by atoms with Gasteiger partial charge in [-0.15, -0.1) is 0 Å². The molecule has 0 aromatic carbocycles. The summed E-state index contributed by atoms with van der Waals surface area (Å²) in [6, 6.07) is -0.00422. The number of piperidine rings is 1. The van der Waals surface area contributed by atoms with Gasteiger partial charge in [0.1, 0.15) is 0 Å². The minimum atomic E-state index is -3.12. The third-order valence-electron chi connectivity index (χ3n) is 3.64. The summed E-state index contributed by atoms with van der Waals surface area (Å²) in [7, 11) is -3.12. The fourth-order valence-electron chi connectivity index (χ4n) is 2.43. The highest BCUT2D eigenvalue weighted by Crippen LogP contribution is 2.29. The van der Waals surface area contributed by atoms with Crippen molar-refractivity contribution in [2.24, 2.45) is 5.92 Å². The van der Waals surface area contributed by atoms with Crippen molar-refractivity contribution < 1.29 is 13.2 Å². The van der Waals surface area contributed by atoms with E-state index in [1.165, 1.54) is 12.7 Å². The molecule has 1 saturated heterocycles. The number of carbonyl (C=O) groups excluding carboxylic acids is 1. The van der Waals surface area contributed by atoms with Crippen LogP contribution in [-0.4, -0.2) is 44.6 Å². The fourth-order valence-corrected chi connectivity index (χ4v) is 3.28. The molecule has 0 unspecified atom stereocenters. The van der Waals surface area contributed by atoms with Crippen LogP contribution in [0.2, 0.25) is 0 Å². The number of hydrogen-bond acceptors (Lipinski definition) is 3. The highest BCUT2D eigenvalue weighted by Gasteiger charge is 2.31. The Labute approximate surface area is 103 Å². The van der Waals surface area contributed by atoms with Crippen LogP contribution < -0.4 is 4.72 Å². The van der Waals surface area contributed by atoms with Crippen LogP contribution in [0.25, 0.3) is 0 Å². The highest BCUT2D eigenvalue weighted by molar-refractivity contribution is 7.88. The SMILES string of the molecule is CS(=O)(=O)NC1CCN(C(=O)C2CCC2)CC1. The zero-order chi connectivity index (χ0) is 12.5. The molecule has 98 valence electrons. The van der Waals surface area contributed by atoms with Gasteiger partial charge in [0.15, 0.2) is 0 Å². The monoisotopic (exact) mass is 260 g/mol. The van der Waals surface area contributed by atoms with Crippen molar-refractivity contribution in [2.75, 3.05) is 19.3 Å². The van der Waals surface area contributed by atoms with Gasteiger partial charge in [-0.25, -0.2) is 13.1 Å². The van der Waals surface area contributed by atoms with Crippen LogP contribution >= 0.6 is 0 Å². The summed E-state index contributed by atoms with van der Waals surface area (Å²) in [5.74, 6) is 0.517. The number of hydrogen-bond donors (Lipinski definition) is 1. The van der Waals surface area contributed by atoms with Crippen LogP contribution in [0.4, 0.5) is 0 Å². The number of carbonyl (C=O) groups is 1. The molecule has 0 aromatic heterocycles. The molecule has 6 heteroatoms. The molecule has 1 saturated carbocycles. The van der Waals surface area contributed by atoms with E-state index < -0.39 is 10.0 Å². The molecule has 1 amide bonds. The van der Waals surface area contributed by atoms with Gasteiger partial charge in [0.25, 0.3) is 0 Å². The van der Waals surface area contributed by atoms with E-state index in [0.29, 0.717) is 13.1 Å². The van der Waals surface area contributed by atoms with E-state index in [1.54, 1.807) is 0 Å². The van der Waals surface area contributed by atoms with Gasteiger partial charge < -0.3 is 4.90 Å². The van der Waals surface area contributed by atoms with E-state index in [1.807, 2.05) is 4.90 Å². The van der Waals surface area contributed by atoms with Crippen LogP contribution in [0.1, 0.15) is 32.1 Å². The Morgan fingerprint density at radius 3 is 2.18 bits per heavy atom. The van der Waals surface area contributed by atoms with E-state index in [0.717, 1.165) is 25.7 Å². The van der Waals surface area contributed by atoms with E-state index in [-0.39, 0.29) is 17.9 Å². The number of sulfonamides is 1. The lowest BCUT2D eigenvalue weighted by Crippen LogP contribution is -2.48. The van der Waals surface area contributed by atoms with Crippen molar-refractivity contribution in [1.82, 2.24) is 9.62 Å². The Hall–Kier alpha value is -0.620. The highest BCUT2D eigenvalue weighted by atomic mass is 32.2. The first-order valence-corrected chi connectivity index (χ1v) is 8.11. The van der Waals surface area contributed by atoms with E-state index in [4.69, 9.17) is 0 Å². The van der Waals surface area contributed by atoms with Gasteiger partial charge in [-0.05, 0) is 25.7 Å². The molecule has 0 spiro atoms. The molecule has 1 N–H and O–H groups in total. The first kappa shape index (κ1) is 12.8. The molecule has 0 atom stereocenters. The minimum absolute atomic E-state index is 0.00422. The van der Waals surface area contributed by atoms with Crippen LogP contribution in [0, 0.1) is 5.92 Å². The van der Waals surface area contributed by atoms with Gasteiger partial charge >= 0.3 is 0 Å². The van der Waals surface area contributed by atoms with E-state index in [2.05, 4.69) is 4.72 Å². The van der Waals surface area contributed by atoms with Gasteiger partial charge in [-0.1, -0.05) is 6.42 Å². The van der Waals surface area contributed by atoms with Crippen molar-refractivity contribution in [2.45, 2.75) is 38.1 Å². The second-order valence-electron chi connectivity index (χ2n) is 5.12. The molecule has 0 aromatic rings. The maximum absolute atomic E-state index is 12.0. The van der Waals surface area contributed by atoms with Gasteiger partial charge in [0.05, 0.1) is 6.26 Å². The lowest BCUT2D eigenvalue weighted by Gasteiger charge is -2.36. The first-order chi connectivity index (χ1) is 7.96. The Bertz CT molecular complexity index is 382. The summed E-state index contributed by atoms with van der Waals surface area (Å²) in [6.07, 6.45) is 5.86. The van der Waals surface area contributed by atoms with Crippen molar-refractivity contribution in [1.29, 1.82) is 0 Å². The van der Waals surface area contributed by atoms with Crippen LogP contribution in [-0.2, 0) is 14.8 Å². The average Bonchev–Trinajstić information content (AvgIpc) is 2.13. The van der Waals surface area contributed by atoms with E-state index in [9.17, 15) is 13.2 Å². The lowest BCUT2D eigenvalue weighted by atomic mass is 9.84. The van der Waals surface area contributed by atoms with Crippen LogP contribution in [0.5, 0.6) is 0 Å². The molecule has 5 nitrogen and oxygen atoms in total. The van der Waals surface area contributed by atoms with Crippen molar-refractivity contribution in [3.8, 4) is 0 Å². The molecule has 1 heterocycles. The molecule has 0 radical (unpaired) electrons. The van der Waals surface area contributed by atoms with Crippen molar-refractivity contribution in [3.05, 3.63) is 0 Å². The molecular weight excluding hydrogens is 240 g/mol. The second kappa shape index (κ2) is 4.94. The third-order valence-corrected chi connectivity index (χ3v) is 4.40. The predicted octanol–water partition coefficient (Wildman–Crippen LogP) is 0.327. The predicted molar refractivity (Wildman–Crippen MR) is 64.9 cm³/mol. The maximum atomic E-state index is 12.0. The van der Waals surface area contributed by atoms with Gasteiger partial charge in [-0.2, -0.15) is 0 Å². The Morgan fingerprint density at radius 1 is 1.18 bits per heavy atom. The topological polar surface area (TPSA) is 66.5 Å². The number of rotatable bonds is 3. The Balaban J connectivity index is 1.79. The molecule has 0 bridgehead atoms. The largest absolute Gasteiger partial charge is 0.342 e. The van der Waals surface area contributed by atoms with Gasteiger partial charge in [-0.3, -0.25) is 4.79 Å². The summed E-state index contributed by atoms with van der Waals surface area (Å²) in [4.78, 5) is 13.9. The Morgan fingerprint density at radius 2 is 1.76 bits per heavy atom. The summed E-state index contributed by atoms with van der Waals surface area (Å²) >= 11 is 0. The zero-order valence-corrected chi connectivity index (χ0v) is 11.0. The summed E-state index contributed by atoms with van der Waals surface area (Å²) < 4.78 is 24.8. The van der Waals surface area contributed by atoms with Crippen molar-refractivity contribution in [3.63, 3.8) is 0 Å². The van der Waals surface area contributed by atoms with Gasteiger partial charge in [0.2, 0.25) is 15.9 Å². The maximum Gasteiger partial charge on any atom is 0.225 e. The normalized spacial score (nSPS) is 23.5. The number of amides is 1. The quantitative estimate of drug-likeness (QED) is 0.795. The number of nitrogens with one attached hydrogen (secondary N) is 1. The fraction of sp³-hybridized carbons (Fsp3) is 0.909. The smallest absolute Gasteiger partial charge is 0.225 e. The summed E-state index contributed by atoms with van der Waals surface area (Å²) in [5.41, 5.74) is 0. The molecule has 1 aliphatic heterocycles. The molecule has 1 aliphatic carbocycles. The second-order valence-corrected chi connectivity index (χ2v) is 6.90. The molecule has 17 heavy (non-hydrogen) atoms. The third kappa shape index (κ3) is 3.42. The molecule has 2 rings (SSSR count). The zero-order valence-electron chi connectivity index (χ0n) is 10.2. The molecular formula is C11H20N2O3S. The van der Waals surface area contributed by atoms with Crippen molar-refractivity contribution >= 4 is 15.9 Å². The molecule has 2 aliphatic rings. The minimum Gasteiger partial charge on any atom is -0.342 e. The molecule has 2 fully saturated rings. The summed E-state index contributed by atoms with van der Waals surface area (Å²) in [5, 5.41) is 0. The lowest BCUT2D eigenvalue weighted by molar-refractivity contribution is -0.139. The summed E-state index contributed by atoms with van der Waals surface area (Å²) in [6.45, 7) is 1.37. The number of nitrogens with zero attached hydrogens (tertiary/aromatic N) is 1. The number of likely N-dealkylation sites (tertiary alicyclic amines) is 1. The van der Waals surface area contributed by atoms with Gasteiger partial charge in [0, 0.05) is 25.0 Å². The average molecular weight is 260 g/mol. The van der Waals surface area contributed by atoms with E-state index >= 15 is 0 Å². The van der Waals surface area contributed by atoms with Crippen LogP contribution in [0.15, 0.2) is 0 Å². The van der Waals surface area contributed by atoms with Crippen LogP contribution in [0.3, 0.4) is 0 Å².